The molecule has 1 N–H and O–H groups in total. The number of thioether (sulfide) groups is 1. The van der Waals surface area contributed by atoms with Crippen LogP contribution in [-0.4, -0.2) is 27.1 Å². The van der Waals surface area contributed by atoms with Gasteiger partial charge in [-0.25, -0.2) is 9.18 Å². The minimum Gasteiger partial charge on any atom is -0.478 e. The number of hydrogen-bond donors (Lipinski definition) is 1. The topological polar surface area (TPSA) is 87.8 Å². The molecule has 1 aliphatic rings. The molecule has 2 amide bonds. The maximum absolute atomic E-state index is 14.1. The van der Waals surface area contributed by atoms with Gasteiger partial charge in [0.05, 0.1) is 17.0 Å². The second kappa shape index (κ2) is 8.64. The van der Waals surface area contributed by atoms with Crippen LogP contribution in [0.4, 0.5) is 9.18 Å². The second-order valence-electron chi connectivity index (χ2n) is 7.00. The highest BCUT2D eigenvalue weighted by molar-refractivity contribution is 8.18. The Labute approximate surface area is 191 Å². The van der Waals surface area contributed by atoms with E-state index in [-0.39, 0.29) is 27.6 Å². The van der Waals surface area contributed by atoms with E-state index in [2.05, 4.69) is 0 Å². The van der Waals surface area contributed by atoms with Gasteiger partial charge in [-0.05, 0) is 60.6 Å². The zero-order valence-electron chi connectivity index (χ0n) is 16.6. The first-order valence-electron chi connectivity index (χ1n) is 9.37. The van der Waals surface area contributed by atoms with Crippen molar-refractivity contribution in [3.63, 3.8) is 0 Å². The Morgan fingerprint density at radius 1 is 1.22 bits per heavy atom. The zero-order chi connectivity index (χ0) is 23.0. The van der Waals surface area contributed by atoms with Crippen LogP contribution in [0.2, 0.25) is 5.02 Å². The minimum atomic E-state index is -1.02. The maximum atomic E-state index is 14.1. The molecular weight excluding hydrogens is 457 g/mol. The summed E-state index contributed by atoms with van der Waals surface area (Å²) < 4.78 is 19.9. The van der Waals surface area contributed by atoms with Gasteiger partial charge in [-0.2, -0.15) is 0 Å². The lowest BCUT2D eigenvalue weighted by Gasteiger charge is -2.14. The summed E-state index contributed by atoms with van der Waals surface area (Å²) >= 11 is 6.74. The molecule has 1 saturated heterocycles. The number of nitrogens with zero attached hydrogens (tertiary/aromatic N) is 1. The number of halogens is 2. The number of carbonyl (C=O) groups is 3. The van der Waals surface area contributed by atoms with Crippen molar-refractivity contribution >= 4 is 46.6 Å². The summed E-state index contributed by atoms with van der Waals surface area (Å²) in [5.41, 5.74) is 1.66. The standard InChI is InChI=1S/C23H15ClFNO5S/c1-12-9-13(22(28)29)5-7-15(12)19-8-6-14(31-19)10-20-21(27)26(23(30)32-20)11-16-17(24)3-2-4-18(16)25/h2-10H,11H2,1H3,(H,28,29)/b20-10-. The maximum Gasteiger partial charge on any atom is 0.335 e. The monoisotopic (exact) mass is 471 g/mol. The number of benzene rings is 2. The lowest BCUT2D eigenvalue weighted by atomic mass is 10.0. The summed E-state index contributed by atoms with van der Waals surface area (Å²) in [4.78, 5) is 37.3. The minimum absolute atomic E-state index is 0.0679. The first-order chi connectivity index (χ1) is 15.2. The molecule has 2 heterocycles. The summed E-state index contributed by atoms with van der Waals surface area (Å²) in [5.74, 6) is -1.36. The largest absolute Gasteiger partial charge is 0.478 e. The molecule has 32 heavy (non-hydrogen) atoms. The third-order valence-electron chi connectivity index (χ3n) is 4.89. The number of amides is 2. The van der Waals surface area contributed by atoms with E-state index in [1.807, 2.05) is 0 Å². The number of furan rings is 1. The van der Waals surface area contributed by atoms with E-state index in [9.17, 15) is 18.8 Å². The predicted molar refractivity (Wildman–Crippen MR) is 119 cm³/mol. The average Bonchev–Trinajstić information content (AvgIpc) is 3.30. The van der Waals surface area contributed by atoms with Gasteiger partial charge in [0.2, 0.25) is 0 Å². The molecule has 2 aromatic carbocycles. The van der Waals surface area contributed by atoms with Crippen LogP contribution in [0.3, 0.4) is 0 Å². The molecule has 4 rings (SSSR count). The smallest absolute Gasteiger partial charge is 0.335 e. The van der Waals surface area contributed by atoms with Crippen LogP contribution in [0.15, 0.2) is 57.9 Å². The van der Waals surface area contributed by atoms with Gasteiger partial charge in [-0.1, -0.05) is 23.7 Å². The van der Waals surface area contributed by atoms with Crippen molar-refractivity contribution in [2.45, 2.75) is 13.5 Å². The summed E-state index contributed by atoms with van der Waals surface area (Å²) in [6.07, 6.45) is 1.44. The Kier molecular flexibility index (Phi) is 5.90. The Hall–Kier alpha value is -3.36. The molecule has 162 valence electrons. The molecule has 0 aliphatic carbocycles. The van der Waals surface area contributed by atoms with Crippen LogP contribution >= 0.6 is 23.4 Å². The summed E-state index contributed by atoms with van der Waals surface area (Å²) in [6, 6.07) is 12.1. The fourth-order valence-electron chi connectivity index (χ4n) is 3.26. The molecule has 6 nitrogen and oxygen atoms in total. The predicted octanol–water partition coefficient (Wildman–Crippen LogP) is 5.98. The van der Waals surface area contributed by atoms with Crippen molar-refractivity contribution in [2.24, 2.45) is 0 Å². The van der Waals surface area contributed by atoms with Gasteiger partial charge in [-0.15, -0.1) is 0 Å². The molecule has 0 saturated carbocycles. The fraction of sp³-hybridized carbons (Fsp3) is 0.0870. The average molecular weight is 472 g/mol. The van der Waals surface area contributed by atoms with E-state index >= 15 is 0 Å². The van der Waals surface area contributed by atoms with Crippen LogP contribution in [0.5, 0.6) is 0 Å². The molecule has 0 radical (unpaired) electrons. The van der Waals surface area contributed by atoms with Crippen LogP contribution in [0.1, 0.15) is 27.2 Å². The van der Waals surface area contributed by atoms with Gasteiger partial charge in [0.15, 0.2) is 0 Å². The number of rotatable bonds is 5. The molecule has 1 aromatic heterocycles. The molecule has 0 unspecified atom stereocenters. The van der Waals surface area contributed by atoms with Gasteiger partial charge in [0.1, 0.15) is 17.3 Å². The molecule has 0 atom stereocenters. The Balaban J connectivity index is 1.57. The molecule has 3 aromatic rings. The summed E-state index contributed by atoms with van der Waals surface area (Å²) in [7, 11) is 0. The second-order valence-corrected chi connectivity index (χ2v) is 8.41. The number of aryl methyl sites for hydroxylation is 1. The third-order valence-corrected chi connectivity index (χ3v) is 6.15. The molecule has 9 heteroatoms. The summed E-state index contributed by atoms with van der Waals surface area (Å²) in [6.45, 7) is 1.50. The number of carboxylic acids is 1. The highest BCUT2D eigenvalue weighted by Crippen LogP contribution is 2.35. The number of carboxylic acid groups (broad SMARTS) is 1. The third kappa shape index (κ3) is 4.19. The van der Waals surface area contributed by atoms with E-state index in [1.54, 1.807) is 31.2 Å². The van der Waals surface area contributed by atoms with Crippen molar-refractivity contribution in [1.82, 2.24) is 4.90 Å². The van der Waals surface area contributed by atoms with Gasteiger partial charge < -0.3 is 9.52 Å². The van der Waals surface area contributed by atoms with Crippen molar-refractivity contribution in [3.8, 4) is 11.3 Å². The number of hydrogen-bond acceptors (Lipinski definition) is 5. The van der Waals surface area contributed by atoms with E-state index in [0.29, 0.717) is 22.6 Å². The van der Waals surface area contributed by atoms with Gasteiger partial charge in [0, 0.05) is 22.2 Å². The Morgan fingerprint density at radius 2 is 2.00 bits per heavy atom. The van der Waals surface area contributed by atoms with Crippen molar-refractivity contribution in [2.75, 3.05) is 0 Å². The van der Waals surface area contributed by atoms with E-state index in [0.717, 1.165) is 16.7 Å². The van der Waals surface area contributed by atoms with Crippen LogP contribution < -0.4 is 0 Å². The first-order valence-corrected chi connectivity index (χ1v) is 10.6. The number of carbonyl (C=O) groups excluding carboxylic acids is 2. The highest BCUT2D eigenvalue weighted by Gasteiger charge is 2.36. The van der Waals surface area contributed by atoms with Crippen LogP contribution in [0, 0.1) is 12.7 Å². The number of aromatic carboxylic acids is 1. The Bertz CT molecular complexity index is 1280. The van der Waals surface area contributed by atoms with Gasteiger partial charge in [-0.3, -0.25) is 14.5 Å². The normalized spacial score (nSPS) is 15.1. The lowest BCUT2D eigenvalue weighted by Crippen LogP contribution is -2.28. The van der Waals surface area contributed by atoms with Crippen LogP contribution in [0.25, 0.3) is 17.4 Å². The molecule has 0 bridgehead atoms. The lowest BCUT2D eigenvalue weighted by molar-refractivity contribution is -0.123. The SMILES string of the molecule is Cc1cc(C(=O)O)ccc1-c1ccc(/C=C2\SC(=O)N(Cc3c(F)cccc3Cl)C2=O)o1. The van der Waals surface area contributed by atoms with Gasteiger partial charge in [0.25, 0.3) is 11.1 Å². The summed E-state index contributed by atoms with van der Waals surface area (Å²) in [5, 5.41) is 8.70. The highest BCUT2D eigenvalue weighted by atomic mass is 35.5. The fourth-order valence-corrected chi connectivity index (χ4v) is 4.30. The molecular formula is C23H15ClFNO5S. The van der Waals surface area contributed by atoms with E-state index in [1.165, 1.54) is 30.3 Å². The van der Waals surface area contributed by atoms with Crippen LogP contribution in [-0.2, 0) is 11.3 Å². The zero-order valence-corrected chi connectivity index (χ0v) is 18.2. The Morgan fingerprint density at radius 3 is 2.69 bits per heavy atom. The molecule has 1 fully saturated rings. The van der Waals surface area contributed by atoms with Crippen molar-refractivity contribution in [1.29, 1.82) is 0 Å². The first kappa shape index (κ1) is 21.9. The van der Waals surface area contributed by atoms with E-state index < -0.39 is 22.9 Å². The van der Waals surface area contributed by atoms with Crippen molar-refractivity contribution in [3.05, 3.63) is 86.7 Å². The number of imide groups is 1. The molecule has 0 spiro atoms. The van der Waals surface area contributed by atoms with Gasteiger partial charge >= 0.3 is 5.97 Å². The quantitative estimate of drug-likeness (QED) is 0.460. The van der Waals surface area contributed by atoms with Crippen molar-refractivity contribution < 1.29 is 28.3 Å². The molecule has 1 aliphatic heterocycles. The van der Waals surface area contributed by atoms with E-state index in [4.69, 9.17) is 21.1 Å².